The van der Waals surface area contributed by atoms with E-state index >= 15 is 0 Å². The number of rotatable bonds is 1. The number of carbonyl (C=O) groups is 1. The van der Waals surface area contributed by atoms with E-state index in [-0.39, 0.29) is 35.6 Å². The lowest BCUT2D eigenvalue weighted by molar-refractivity contribution is -0.167. The second kappa shape index (κ2) is 6.25. The first-order valence-corrected chi connectivity index (χ1v) is 10.9. The van der Waals surface area contributed by atoms with Crippen LogP contribution in [0.4, 0.5) is 0 Å². The molecule has 1 aromatic rings. The normalized spacial score (nSPS) is 49.2. The van der Waals surface area contributed by atoms with Crippen molar-refractivity contribution in [2.45, 2.75) is 81.5 Å². The minimum atomic E-state index is -1.12. The van der Waals surface area contributed by atoms with Gasteiger partial charge in [0.05, 0.1) is 23.6 Å². The average Bonchev–Trinajstić information content (AvgIpc) is 3.10. The monoisotopic (exact) mass is 402 g/mol. The second-order valence-electron chi connectivity index (χ2n) is 10.2. The van der Waals surface area contributed by atoms with Crippen molar-refractivity contribution in [3.05, 3.63) is 34.4 Å². The van der Waals surface area contributed by atoms with E-state index in [0.717, 1.165) is 24.8 Å². The van der Waals surface area contributed by atoms with Crippen molar-refractivity contribution in [1.82, 2.24) is 0 Å². The van der Waals surface area contributed by atoms with Gasteiger partial charge in [-0.3, -0.25) is 4.79 Å². The first-order valence-electron chi connectivity index (χ1n) is 10.9. The van der Waals surface area contributed by atoms with E-state index in [0.29, 0.717) is 25.7 Å². The maximum atomic E-state index is 12.8. The van der Waals surface area contributed by atoms with Gasteiger partial charge in [-0.1, -0.05) is 6.92 Å². The molecule has 0 aliphatic heterocycles. The first kappa shape index (κ1) is 19.5. The Balaban J connectivity index is 1.51. The molecule has 3 N–H and O–H groups in total. The molecule has 29 heavy (non-hydrogen) atoms. The van der Waals surface area contributed by atoms with Gasteiger partial charge in [0.15, 0.2) is 0 Å². The fraction of sp³-hybridized carbons (Fsp3) is 0.739. The lowest BCUT2D eigenvalue weighted by Crippen LogP contribution is -2.57. The van der Waals surface area contributed by atoms with Crippen LogP contribution in [0, 0.1) is 23.2 Å². The van der Waals surface area contributed by atoms with Crippen LogP contribution in [0.5, 0.6) is 0 Å². The standard InChI is InChI=1S/C23H30O6/c1-21-7-5-16-17(11-18-19(25)10-14(24)4-8-22(16,18)27)23(21,28)9-6-15(21)13-2-3-20(26)29-12-13/h2-3,12,14-18,24,27-28H,4-11H2,1H3/t14-,15+,16-,17+,18+,21+,22-,23-/m0/s1. The lowest BCUT2D eigenvalue weighted by atomic mass is 9.54. The Morgan fingerprint density at radius 3 is 2.52 bits per heavy atom. The highest BCUT2D eigenvalue weighted by molar-refractivity contribution is 5.83. The van der Waals surface area contributed by atoms with Crippen molar-refractivity contribution in [2.24, 2.45) is 23.2 Å². The largest absolute Gasteiger partial charge is 0.431 e. The molecule has 0 spiro atoms. The predicted molar refractivity (Wildman–Crippen MR) is 104 cm³/mol. The predicted octanol–water partition coefficient (Wildman–Crippen LogP) is 2.15. The molecule has 4 aliphatic carbocycles. The Morgan fingerprint density at radius 1 is 1.00 bits per heavy atom. The molecule has 0 aromatic carbocycles. The highest BCUT2D eigenvalue weighted by Crippen LogP contribution is 2.69. The molecule has 4 aliphatic rings. The van der Waals surface area contributed by atoms with Crippen LogP contribution in [0.25, 0.3) is 0 Å². The van der Waals surface area contributed by atoms with E-state index in [1.165, 1.54) is 12.3 Å². The van der Waals surface area contributed by atoms with E-state index in [9.17, 15) is 24.9 Å². The number of hydrogen-bond donors (Lipinski definition) is 3. The van der Waals surface area contributed by atoms with Gasteiger partial charge in [0, 0.05) is 23.8 Å². The third-order valence-corrected chi connectivity index (χ3v) is 9.21. The summed E-state index contributed by atoms with van der Waals surface area (Å²) in [5.41, 5.74) is -1.91. The minimum Gasteiger partial charge on any atom is -0.431 e. The number of Topliss-reactive ketones (excluding diaryl/α,β-unsaturated/α-hetero) is 1. The van der Waals surface area contributed by atoms with Gasteiger partial charge in [0.2, 0.25) is 0 Å². The topological polar surface area (TPSA) is 108 Å². The number of carbonyl (C=O) groups excluding carboxylic acids is 1. The van der Waals surface area contributed by atoms with Crippen LogP contribution in [0.1, 0.15) is 69.8 Å². The number of aliphatic hydroxyl groups is 3. The van der Waals surface area contributed by atoms with Crippen LogP contribution in [0.2, 0.25) is 0 Å². The van der Waals surface area contributed by atoms with Gasteiger partial charge >= 0.3 is 5.63 Å². The summed E-state index contributed by atoms with van der Waals surface area (Å²) < 4.78 is 5.10. The summed E-state index contributed by atoms with van der Waals surface area (Å²) in [5.74, 6) is -0.717. The van der Waals surface area contributed by atoms with Crippen molar-refractivity contribution >= 4 is 5.78 Å². The fourth-order valence-corrected chi connectivity index (χ4v) is 7.68. The molecule has 6 nitrogen and oxygen atoms in total. The molecule has 0 unspecified atom stereocenters. The maximum Gasteiger partial charge on any atom is 0.335 e. The van der Waals surface area contributed by atoms with E-state index in [2.05, 4.69) is 6.92 Å². The summed E-state index contributed by atoms with van der Waals surface area (Å²) in [5, 5.41) is 33.7. The van der Waals surface area contributed by atoms with E-state index in [4.69, 9.17) is 4.42 Å². The smallest absolute Gasteiger partial charge is 0.335 e. The van der Waals surface area contributed by atoms with Gasteiger partial charge in [-0.2, -0.15) is 0 Å². The Labute approximate surface area is 169 Å². The Hall–Kier alpha value is -1.50. The molecule has 8 atom stereocenters. The number of aliphatic hydroxyl groups excluding tert-OH is 1. The highest BCUT2D eigenvalue weighted by Gasteiger charge is 2.70. The zero-order valence-electron chi connectivity index (χ0n) is 16.8. The summed E-state index contributed by atoms with van der Waals surface area (Å²) >= 11 is 0. The van der Waals surface area contributed by atoms with E-state index in [1.54, 1.807) is 6.07 Å². The molecule has 4 saturated carbocycles. The Kier molecular flexibility index (Phi) is 4.20. The molecule has 1 heterocycles. The Bertz CT molecular complexity index is 873. The van der Waals surface area contributed by atoms with Gasteiger partial charge in [-0.25, -0.2) is 4.79 Å². The van der Waals surface area contributed by atoms with Crippen molar-refractivity contribution in [3.63, 3.8) is 0 Å². The molecular weight excluding hydrogens is 372 g/mol. The number of fused-ring (bicyclic) bond motifs is 5. The van der Waals surface area contributed by atoms with E-state index in [1.807, 2.05) is 0 Å². The molecule has 0 saturated heterocycles. The van der Waals surface area contributed by atoms with Crippen molar-refractivity contribution in [1.29, 1.82) is 0 Å². The van der Waals surface area contributed by atoms with Gasteiger partial charge in [-0.05, 0) is 74.3 Å². The number of hydrogen-bond acceptors (Lipinski definition) is 6. The van der Waals surface area contributed by atoms with Crippen LogP contribution < -0.4 is 5.63 Å². The third kappa shape index (κ3) is 2.52. The van der Waals surface area contributed by atoms with Gasteiger partial charge in [0.1, 0.15) is 5.78 Å². The average molecular weight is 402 g/mol. The second-order valence-corrected chi connectivity index (χ2v) is 10.2. The van der Waals surface area contributed by atoms with Gasteiger partial charge in [0.25, 0.3) is 0 Å². The van der Waals surface area contributed by atoms with Crippen molar-refractivity contribution < 1.29 is 24.5 Å². The van der Waals surface area contributed by atoms with E-state index < -0.39 is 28.6 Å². The zero-order chi connectivity index (χ0) is 20.6. The summed E-state index contributed by atoms with van der Waals surface area (Å²) in [4.78, 5) is 24.2. The molecule has 0 radical (unpaired) electrons. The lowest BCUT2D eigenvalue weighted by Gasteiger charge is -2.54. The van der Waals surface area contributed by atoms with Crippen molar-refractivity contribution in [3.8, 4) is 0 Å². The minimum absolute atomic E-state index is 0.0587. The highest BCUT2D eigenvalue weighted by atomic mass is 16.4. The molecule has 6 heteroatoms. The SMILES string of the molecule is C[C@]12CC[C@H]3[C@@H](C[C@@H]4C(=O)C[C@@H](O)CC[C@@]43O)[C@@]1(O)CC[C@@H]2c1ccc(=O)oc1. The van der Waals surface area contributed by atoms with Crippen LogP contribution in [-0.2, 0) is 4.79 Å². The molecular formula is C23H30O6. The molecule has 0 amide bonds. The molecule has 158 valence electrons. The van der Waals surface area contributed by atoms with Crippen LogP contribution in [-0.4, -0.2) is 38.4 Å². The van der Waals surface area contributed by atoms with Crippen LogP contribution in [0.3, 0.4) is 0 Å². The molecule has 4 fully saturated rings. The summed E-state index contributed by atoms with van der Waals surface area (Å²) in [6.45, 7) is 2.12. The van der Waals surface area contributed by atoms with Crippen molar-refractivity contribution in [2.75, 3.05) is 0 Å². The molecule has 5 rings (SSSR count). The fourth-order valence-electron chi connectivity index (χ4n) is 7.68. The molecule has 0 bridgehead atoms. The summed E-state index contributed by atoms with van der Waals surface area (Å²) in [6.07, 6.45) is 5.23. The Morgan fingerprint density at radius 2 is 1.79 bits per heavy atom. The zero-order valence-corrected chi connectivity index (χ0v) is 16.8. The molecule has 1 aromatic heterocycles. The van der Waals surface area contributed by atoms with Crippen LogP contribution in [0.15, 0.2) is 27.6 Å². The van der Waals surface area contributed by atoms with Gasteiger partial charge in [-0.15, -0.1) is 0 Å². The number of ketones is 1. The maximum absolute atomic E-state index is 12.8. The van der Waals surface area contributed by atoms with Crippen LogP contribution >= 0.6 is 0 Å². The quantitative estimate of drug-likeness (QED) is 0.664. The first-order chi connectivity index (χ1) is 13.7. The van der Waals surface area contributed by atoms with Gasteiger partial charge < -0.3 is 19.7 Å². The third-order valence-electron chi connectivity index (χ3n) is 9.21. The summed E-state index contributed by atoms with van der Waals surface area (Å²) in [7, 11) is 0. The summed E-state index contributed by atoms with van der Waals surface area (Å²) in [6, 6.07) is 3.23.